The Hall–Kier alpha value is -5.64. The van der Waals surface area contributed by atoms with Crippen LogP contribution in [0, 0.1) is 23.7 Å². The van der Waals surface area contributed by atoms with Crippen molar-refractivity contribution in [2.75, 3.05) is 45.5 Å². The molecule has 0 radical (unpaired) electrons. The molecule has 69 heavy (non-hydrogen) atoms. The van der Waals surface area contributed by atoms with Crippen LogP contribution in [0.2, 0.25) is 0 Å². The maximum absolute atomic E-state index is 13.1. The fourth-order valence-corrected chi connectivity index (χ4v) is 8.09. The molecule has 5 rings (SSSR count). The maximum atomic E-state index is 13.1. The van der Waals surface area contributed by atoms with Crippen LogP contribution >= 0.6 is 11.6 Å². The molecule has 2 saturated carbocycles. The van der Waals surface area contributed by atoms with Crippen molar-refractivity contribution in [3.8, 4) is 34.5 Å². The van der Waals surface area contributed by atoms with Crippen LogP contribution in [0.5, 0.6) is 34.5 Å². The van der Waals surface area contributed by atoms with Gasteiger partial charge in [-0.05, 0) is 181 Å². The monoisotopic (exact) mass is 978 g/mol. The summed E-state index contributed by atoms with van der Waals surface area (Å²) in [6.45, 7) is 6.02. The first kappa shape index (κ1) is 54.3. The Morgan fingerprint density at radius 3 is 1.54 bits per heavy atom. The van der Waals surface area contributed by atoms with Gasteiger partial charge < -0.3 is 38.2 Å². The van der Waals surface area contributed by atoms with E-state index in [2.05, 4.69) is 6.58 Å². The van der Waals surface area contributed by atoms with E-state index in [9.17, 15) is 24.0 Å². The molecule has 0 N–H and O–H groups in total. The van der Waals surface area contributed by atoms with Crippen LogP contribution in [0.3, 0.4) is 0 Å². The Labute approximate surface area is 410 Å². The molecular formula is C53H67ClO15. The molecule has 3 aromatic rings. The number of alkyl halides is 1. The molecule has 15 nitrogen and oxygen atoms in total. The van der Waals surface area contributed by atoms with Gasteiger partial charge in [-0.1, -0.05) is 6.58 Å². The number of benzene rings is 3. The summed E-state index contributed by atoms with van der Waals surface area (Å²) in [7, 11) is 0. The second-order valence-electron chi connectivity index (χ2n) is 17.3. The number of aldehydes is 1. The molecule has 0 bridgehead atoms. The normalized spacial score (nSPS) is 17.7. The average Bonchev–Trinajstić information content (AvgIpc) is 3.37. The zero-order chi connectivity index (χ0) is 48.9. The number of hydrogen-bond donors (Lipinski definition) is 0. The first-order valence-electron chi connectivity index (χ1n) is 24.3. The summed E-state index contributed by atoms with van der Waals surface area (Å²) < 4.78 is 33.0. The van der Waals surface area contributed by atoms with Crippen LogP contribution < -0.4 is 28.7 Å². The smallest absolute Gasteiger partial charge is 0.330 e. The molecule has 16 heteroatoms. The van der Waals surface area contributed by atoms with Crippen LogP contribution in [-0.2, 0) is 38.4 Å². The van der Waals surface area contributed by atoms with Crippen molar-refractivity contribution in [1.29, 1.82) is 0 Å². The molecule has 0 atom stereocenters. The summed E-state index contributed by atoms with van der Waals surface area (Å²) in [5.41, 5.74) is 0.190. The Kier molecular flexibility index (Phi) is 24.8. The summed E-state index contributed by atoms with van der Waals surface area (Å²) >= 11 is 5.53. The van der Waals surface area contributed by atoms with E-state index < -0.39 is 5.97 Å². The number of hydrogen-bond acceptors (Lipinski definition) is 15. The average molecular weight is 980 g/mol. The van der Waals surface area contributed by atoms with Gasteiger partial charge >= 0.3 is 23.9 Å². The Morgan fingerprint density at radius 1 is 0.551 bits per heavy atom. The Balaban J connectivity index is 0.887. The highest BCUT2D eigenvalue weighted by Crippen LogP contribution is 2.33. The summed E-state index contributed by atoms with van der Waals surface area (Å²) in [6.07, 6.45) is 14.9. The van der Waals surface area contributed by atoms with Gasteiger partial charge in [0, 0.05) is 12.0 Å². The van der Waals surface area contributed by atoms with Crippen molar-refractivity contribution in [1.82, 2.24) is 0 Å². The Bertz CT molecular complexity index is 2010. The molecule has 0 unspecified atom stereocenters. The quantitative estimate of drug-likeness (QED) is 0.00843. The highest BCUT2D eigenvalue weighted by atomic mass is 35.5. The van der Waals surface area contributed by atoms with Gasteiger partial charge in [0.1, 0.15) is 23.0 Å². The van der Waals surface area contributed by atoms with Gasteiger partial charge in [0.15, 0.2) is 17.8 Å². The molecule has 376 valence electrons. The van der Waals surface area contributed by atoms with Crippen molar-refractivity contribution in [2.45, 2.75) is 109 Å². The highest BCUT2D eigenvalue weighted by Gasteiger charge is 2.30. The number of carbonyl (C=O) groups is 5. The van der Waals surface area contributed by atoms with Crippen LogP contribution in [0.4, 0.5) is 0 Å². The minimum atomic E-state index is -0.395. The van der Waals surface area contributed by atoms with Gasteiger partial charge in [-0.25, -0.2) is 4.79 Å². The fourth-order valence-electron chi connectivity index (χ4n) is 7.94. The molecule has 0 amide bonds. The lowest BCUT2D eigenvalue weighted by molar-refractivity contribution is -0.218. The third-order valence-electron chi connectivity index (χ3n) is 12.1. The minimum Gasteiger partial charge on any atom is -0.494 e. The van der Waals surface area contributed by atoms with E-state index in [1.54, 1.807) is 48.5 Å². The largest absolute Gasteiger partial charge is 0.494 e. The molecule has 2 aliphatic rings. The third-order valence-corrected chi connectivity index (χ3v) is 12.2. The first-order valence-corrected chi connectivity index (χ1v) is 24.8. The van der Waals surface area contributed by atoms with E-state index in [0.717, 1.165) is 88.9 Å². The highest BCUT2D eigenvalue weighted by molar-refractivity contribution is 6.18. The lowest BCUT2D eigenvalue weighted by Gasteiger charge is -2.26. The Morgan fingerprint density at radius 2 is 1.01 bits per heavy atom. The topological polar surface area (TPSA) is 178 Å². The van der Waals surface area contributed by atoms with E-state index in [-0.39, 0.29) is 77.5 Å². The van der Waals surface area contributed by atoms with Crippen LogP contribution in [0.1, 0.15) is 120 Å². The number of unbranched alkanes of at least 4 members (excludes halogenated alkanes) is 6. The van der Waals surface area contributed by atoms with E-state index in [1.807, 2.05) is 12.1 Å². The van der Waals surface area contributed by atoms with E-state index in [0.29, 0.717) is 82.3 Å². The lowest BCUT2D eigenvalue weighted by Crippen LogP contribution is -2.27. The number of esters is 4. The van der Waals surface area contributed by atoms with Crippen molar-refractivity contribution in [2.24, 2.45) is 23.7 Å². The second kappa shape index (κ2) is 31.5. The second-order valence-corrected chi connectivity index (χ2v) is 17.7. The van der Waals surface area contributed by atoms with Crippen molar-refractivity contribution < 1.29 is 71.9 Å². The van der Waals surface area contributed by atoms with Crippen LogP contribution in [-0.4, -0.2) is 75.7 Å². The van der Waals surface area contributed by atoms with Crippen molar-refractivity contribution >= 4 is 41.8 Å². The van der Waals surface area contributed by atoms with Gasteiger partial charge in [0.05, 0.1) is 63.5 Å². The maximum Gasteiger partial charge on any atom is 0.330 e. The molecular weight excluding hydrogens is 912 g/mol. The molecule has 0 aromatic heterocycles. The van der Waals surface area contributed by atoms with Gasteiger partial charge in [-0.15, -0.1) is 11.6 Å². The third kappa shape index (κ3) is 20.9. The predicted octanol–water partition coefficient (Wildman–Crippen LogP) is 10.7. The SMILES string of the molecule is C=CC(=O)OCCCCCCOc1ccc(OOCC2CCC(C(=O)Oc3ccc(OOCC4CCC(C(=O)Oc5ccc(OCCCCCCOC(=O)CCCl)cc5)CC4)c(C=O)c3)CC2)cc1. The molecule has 2 aliphatic carbocycles. The fraction of sp³-hybridized carbons (Fsp3) is 0.528. The molecule has 0 saturated heterocycles. The van der Waals surface area contributed by atoms with Gasteiger partial charge in [-0.3, -0.25) is 19.2 Å². The number of carbonyl (C=O) groups excluding carboxylic acids is 5. The standard InChI is InChI=1S/C53H67ClO15/c1-2-50(56)62-33-9-5-3-7-32-61-45-21-25-47(26-22-45)68-64-37-39-11-17-42(18-12-39)53(59)67-48-27-28-49(43(35-48)36-55)69-65-38-40-13-15-41(16-14-40)52(58)66-46-23-19-44(20-24-46)60-31-8-4-6-10-34-63-51(57)29-30-54/h2,19-28,35-36,39-42H,1,3-18,29-34,37-38H2. The number of halogens is 1. The molecule has 2 fully saturated rings. The summed E-state index contributed by atoms with van der Waals surface area (Å²) in [4.78, 5) is 82.4. The molecule has 3 aromatic carbocycles. The van der Waals surface area contributed by atoms with Crippen LogP contribution in [0.15, 0.2) is 79.4 Å². The van der Waals surface area contributed by atoms with E-state index in [4.69, 9.17) is 59.6 Å². The van der Waals surface area contributed by atoms with Crippen molar-refractivity contribution in [3.63, 3.8) is 0 Å². The number of ether oxygens (including phenoxy) is 6. The molecule has 0 spiro atoms. The van der Waals surface area contributed by atoms with Crippen molar-refractivity contribution in [3.05, 3.63) is 84.9 Å². The van der Waals surface area contributed by atoms with Gasteiger partial charge in [0.25, 0.3) is 0 Å². The van der Waals surface area contributed by atoms with E-state index >= 15 is 0 Å². The summed E-state index contributed by atoms with van der Waals surface area (Å²) in [5.74, 6) is 1.84. The summed E-state index contributed by atoms with van der Waals surface area (Å²) in [6, 6.07) is 18.8. The summed E-state index contributed by atoms with van der Waals surface area (Å²) in [5, 5.41) is 0. The van der Waals surface area contributed by atoms with Gasteiger partial charge in [0.2, 0.25) is 0 Å². The lowest BCUT2D eigenvalue weighted by atomic mass is 9.82. The van der Waals surface area contributed by atoms with E-state index in [1.165, 1.54) is 6.07 Å². The number of rotatable bonds is 32. The van der Waals surface area contributed by atoms with Crippen LogP contribution in [0.25, 0.3) is 0 Å². The van der Waals surface area contributed by atoms with Gasteiger partial charge in [-0.2, -0.15) is 9.78 Å². The molecule has 0 heterocycles. The zero-order valence-electron chi connectivity index (χ0n) is 39.5. The predicted molar refractivity (Wildman–Crippen MR) is 255 cm³/mol. The molecule has 0 aliphatic heterocycles. The minimum absolute atomic E-state index is 0.166. The first-order chi connectivity index (χ1) is 33.7. The zero-order valence-corrected chi connectivity index (χ0v) is 40.3.